The number of rotatable bonds is 28. The lowest BCUT2D eigenvalue weighted by Crippen LogP contribution is -2.51. The standard InChI is InChI=1S/C76H115N15O18S2/c1-104-43-45-108-49-47-106-41-39-89-32-25-79-70(98)58-12-5-10-56(64(58)92)68(96)77-23-30-88(31-24-78-69(97)57-11-6-13-59(65(57)93)71(99)80-26-33-89)37-38-91-36-29-83-73(101)61-15-7-14-60(66(61)94)72(100)81-27-34-90(40-42-107-48-50-109-46-44-105-2)35-28-82-74(102)62-16-8-17-63(67(62)95)75(103)86-55(51-91)9-3-4-22-84-76(111)87-54-20-18-53(19-21-54)85-52-110/h5,8,10-12,15-17,20,53,55,58-60,62,64,67,92,95H,3-4,6-7,9,13-14,18-19,21-51H2,1-2H3,(H,77,96)(H,78,97)(H,79,98)(H,80,99)(H,81,100)(H,82,102)(H,83,101)(H,86,103)(H2,84,87,111). The number of unbranched alkanes of at least 4 members (excludes halogenated alkanes) is 1. The van der Waals surface area contributed by atoms with Crippen LogP contribution >= 0.6 is 24.4 Å². The highest BCUT2D eigenvalue weighted by Crippen LogP contribution is 2.26. The topological polar surface area (TPSA) is 412 Å². The van der Waals surface area contributed by atoms with Crippen LogP contribution in [-0.2, 0) is 76.4 Å². The predicted octanol–water partition coefficient (Wildman–Crippen LogP) is -2.19. The van der Waals surface area contributed by atoms with E-state index < -0.39 is 101 Å². The summed E-state index contributed by atoms with van der Waals surface area (Å²) in [4.78, 5) is 153. The van der Waals surface area contributed by atoms with Crippen LogP contribution in [0.1, 0.15) is 64.2 Å². The summed E-state index contributed by atoms with van der Waals surface area (Å²) >= 11 is 10.5. The lowest BCUT2D eigenvalue weighted by molar-refractivity contribution is -0.135. The second-order valence-corrected chi connectivity index (χ2v) is 28.4. The summed E-state index contributed by atoms with van der Waals surface area (Å²) in [5, 5.41) is 56.4. The average molecular weight is 1590 g/mol. The zero-order valence-corrected chi connectivity index (χ0v) is 65.7. The van der Waals surface area contributed by atoms with Gasteiger partial charge in [-0.1, -0.05) is 54.7 Å². The molecule has 8 atom stereocenters. The minimum absolute atomic E-state index is 0.00448. The van der Waals surface area contributed by atoms with Crippen LogP contribution in [0.2, 0.25) is 0 Å². The number of nitrogens with zero attached hydrogens (tertiary/aromatic N) is 5. The Hall–Kier alpha value is -7.71. The van der Waals surface area contributed by atoms with Crippen LogP contribution in [0.15, 0.2) is 87.7 Å². The number of aliphatic imine (C=N–C) groups is 1. The molecule has 35 heteroatoms. The number of hydrogen-bond donors (Lipinski definition) is 12. The molecule has 2 fully saturated rings. The van der Waals surface area contributed by atoms with Crippen LogP contribution < -0.4 is 53.2 Å². The number of carbonyl (C=O) groups excluding carboxylic acids is 10. The third kappa shape index (κ3) is 31.7. The Morgan fingerprint density at radius 3 is 1.43 bits per heavy atom. The van der Waals surface area contributed by atoms with Gasteiger partial charge in [0.2, 0.25) is 35.4 Å². The lowest BCUT2D eigenvalue weighted by Gasteiger charge is -2.32. The van der Waals surface area contributed by atoms with E-state index in [2.05, 4.69) is 63.3 Å². The lowest BCUT2D eigenvalue weighted by atomic mass is 9.86. The van der Waals surface area contributed by atoms with Gasteiger partial charge < -0.3 is 91.8 Å². The van der Waals surface area contributed by atoms with Crippen molar-refractivity contribution in [3.8, 4) is 0 Å². The molecule has 7 aliphatic rings. The van der Waals surface area contributed by atoms with Crippen molar-refractivity contribution in [2.24, 2.45) is 28.7 Å². The summed E-state index contributed by atoms with van der Waals surface area (Å²) in [6.45, 7) is 7.54. The fourth-order valence-corrected chi connectivity index (χ4v) is 14.0. The fraction of sp³-hybridized carbons (Fsp3) is 0.658. The molecule has 0 saturated carbocycles. The van der Waals surface area contributed by atoms with Crippen LogP contribution in [0.3, 0.4) is 0 Å². The number of Topliss-reactive ketones (excluding diaryl/α,β-unsaturated/α-hetero) is 2. The first-order valence-corrected chi connectivity index (χ1v) is 39.6. The minimum atomic E-state index is -1.55. The Labute approximate surface area is 660 Å². The van der Waals surface area contributed by atoms with Gasteiger partial charge in [-0.15, -0.1) is 0 Å². The number of thiocarbonyl (C=S) groups is 2. The number of carbonyl (C=O) groups is 10. The number of methoxy groups -OCH3 is 2. The Morgan fingerprint density at radius 2 is 0.955 bits per heavy atom. The van der Waals surface area contributed by atoms with Gasteiger partial charge in [0.15, 0.2) is 16.7 Å². The van der Waals surface area contributed by atoms with Gasteiger partial charge in [-0.25, -0.2) is 4.99 Å². The van der Waals surface area contributed by atoms with Gasteiger partial charge in [0.05, 0.1) is 112 Å². The molecule has 0 aromatic rings. The molecule has 7 rings (SSSR count). The van der Waals surface area contributed by atoms with Crippen molar-refractivity contribution in [3.63, 3.8) is 0 Å². The van der Waals surface area contributed by atoms with Crippen molar-refractivity contribution in [2.45, 2.75) is 88.5 Å². The van der Waals surface area contributed by atoms with Gasteiger partial charge in [-0.3, -0.25) is 67.5 Å². The molecule has 2 heterocycles. The molecular formula is C76H115N15O18S2. The molecule has 0 radical (unpaired) electrons. The highest BCUT2D eigenvalue weighted by Gasteiger charge is 2.38. The number of hydrogen-bond acceptors (Lipinski definition) is 25. The normalized spacial score (nSPS) is 25.1. The highest BCUT2D eigenvalue weighted by atomic mass is 32.1. The van der Waals surface area contributed by atoms with Gasteiger partial charge in [-0.05, 0) is 88.6 Å². The van der Waals surface area contributed by atoms with E-state index in [1.54, 1.807) is 20.3 Å². The number of ketones is 2. The summed E-state index contributed by atoms with van der Waals surface area (Å²) < 4.78 is 32.7. The predicted molar refractivity (Wildman–Crippen MR) is 419 cm³/mol. The Bertz CT molecular complexity index is 3380. The van der Waals surface area contributed by atoms with Crippen molar-refractivity contribution in [2.75, 3.05) is 211 Å². The van der Waals surface area contributed by atoms with E-state index in [9.17, 15) is 58.2 Å². The molecule has 0 aromatic carbocycles. The molecule has 5 aliphatic carbocycles. The van der Waals surface area contributed by atoms with Crippen LogP contribution in [0.4, 0.5) is 0 Å². The molecule has 8 amide bonds. The van der Waals surface area contributed by atoms with Gasteiger partial charge in [-0.2, -0.15) is 0 Å². The smallest absolute Gasteiger partial charge is 0.254 e. The SMILES string of the molecule is COCCOCCOCCN1CCNC(=O)C2CCC=C(C(=O)NCCN(CCN3CCNC(=O)C4=CCCC(C(=O)NCCN(CCOCCOCCOC)CCNC(=O)C5C=CC=C(C(=O)NC(CCCCNC(=S)NC6=CCC(N=C=S)CC6)C3)C5O)C4=O)CCNC(=O)C3=CC=CC(C(=O)NCC1)C3O)C2=O. The summed E-state index contributed by atoms with van der Waals surface area (Å²) in [6, 6.07) is -0.593. The second kappa shape index (κ2) is 51.1. The van der Waals surface area contributed by atoms with Gasteiger partial charge >= 0.3 is 0 Å². The van der Waals surface area contributed by atoms with Crippen molar-refractivity contribution in [3.05, 3.63) is 82.7 Å². The van der Waals surface area contributed by atoms with E-state index in [0.29, 0.717) is 143 Å². The molecule has 12 N–H and O–H groups in total. The third-order valence-electron chi connectivity index (χ3n) is 20.0. The first kappa shape index (κ1) is 90.5. The number of allylic oxidation sites excluding steroid dienone is 7. The number of aliphatic hydroxyl groups is 2. The number of amides is 8. The van der Waals surface area contributed by atoms with E-state index in [4.69, 9.17) is 52.9 Å². The van der Waals surface area contributed by atoms with Gasteiger partial charge in [0, 0.05) is 168 Å². The van der Waals surface area contributed by atoms with Crippen LogP contribution in [-0.4, -0.2) is 334 Å². The van der Waals surface area contributed by atoms with Crippen molar-refractivity contribution in [1.29, 1.82) is 0 Å². The number of nitrogens with one attached hydrogen (secondary N) is 10. The number of fused-ring (bicyclic) bond motifs is 8. The Morgan fingerprint density at radius 1 is 0.523 bits per heavy atom. The highest BCUT2D eigenvalue weighted by molar-refractivity contribution is 7.80. The Balaban J connectivity index is 1.11. The molecule has 2 saturated heterocycles. The number of isothiocyanates is 1. The molecule has 111 heavy (non-hydrogen) atoms. The van der Waals surface area contributed by atoms with Crippen molar-refractivity contribution in [1.82, 2.24) is 72.8 Å². The molecule has 8 unspecified atom stereocenters. The third-order valence-corrected chi connectivity index (χ3v) is 20.3. The van der Waals surface area contributed by atoms with E-state index in [-0.39, 0.29) is 139 Å². The first-order chi connectivity index (χ1) is 53.9. The average Bonchev–Trinajstić information content (AvgIpc) is 0.843. The molecule has 33 nitrogen and oxygen atoms in total. The van der Waals surface area contributed by atoms with Crippen LogP contribution in [0.5, 0.6) is 0 Å². The molecule has 0 spiro atoms. The van der Waals surface area contributed by atoms with E-state index in [1.807, 2.05) is 25.7 Å². The zero-order chi connectivity index (χ0) is 79.5. The molecule has 614 valence electrons. The molecule has 2 aliphatic heterocycles. The van der Waals surface area contributed by atoms with Gasteiger partial charge in [0.1, 0.15) is 11.8 Å². The molecular weight excluding hydrogens is 1480 g/mol. The second-order valence-electron chi connectivity index (χ2n) is 27.8. The summed E-state index contributed by atoms with van der Waals surface area (Å²) in [7, 11) is 3.16. The first-order valence-electron chi connectivity index (χ1n) is 38.8. The summed E-state index contributed by atoms with van der Waals surface area (Å²) in [5.74, 6) is -10.5. The zero-order valence-electron chi connectivity index (χ0n) is 64.1. The molecule has 8 bridgehead atoms. The van der Waals surface area contributed by atoms with Crippen molar-refractivity contribution >= 4 is 93.5 Å². The van der Waals surface area contributed by atoms with Crippen molar-refractivity contribution < 1.29 is 86.6 Å². The largest absolute Gasteiger partial charge is 0.387 e. The quantitative estimate of drug-likeness (QED) is 0.0130. The molecule has 0 aromatic heterocycles. The van der Waals surface area contributed by atoms with Gasteiger partial charge in [0.25, 0.3) is 11.8 Å². The maximum absolute atomic E-state index is 14.8. The maximum Gasteiger partial charge on any atom is 0.254 e. The summed E-state index contributed by atoms with van der Waals surface area (Å²) in [6.07, 6.45) is 15.7. The van der Waals surface area contributed by atoms with E-state index in [0.717, 1.165) is 18.5 Å². The maximum atomic E-state index is 14.8. The Kier molecular flexibility index (Phi) is 41.7. The monoisotopic (exact) mass is 1590 g/mol. The number of ether oxygens (including phenoxy) is 6. The number of aliphatic hydroxyl groups excluding tert-OH is 2. The van der Waals surface area contributed by atoms with Crippen LogP contribution in [0, 0.1) is 23.7 Å². The fourth-order valence-electron chi connectivity index (χ4n) is 13.6. The van der Waals surface area contributed by atoms with Crippen LogP contribution in [0.25, 0.3) is 0 Å². The summed E-state index contributed by atoms with van der Waals surface area (Å²) in [5.41, 5.74) is 0.559. The van der Waals surface area contributed by atoms with E-state index in [1.165, 1.54) is 42.5 Å². The minimum Gasteiger partial charge on any atom is -0.387 e. The van der Waals surface area contributed by atoms with E-state index >= 15 is 0 Å².